The highest BCUT2D eigenvalue weighted by Crippen LogP contribution is 2.35. The highest BCUT2D eigenvalue weighted by Gasteiger charge is 2.33. The van der Waals surface area contributed by atoms with Crippen LogP contribution in [0, 0.1) is 0 Å². The summed E-state index contributed by atoms with van der Waals surface area (Å²) in [5, 5.41) is 3.25. The fraction of sp³-hybridized carbons (Fsp3) is 0.231. The first-order chi connectivity index (χ1) is 17.9. The molecule has 3 aromatic carbocycles. The van der Waals surface area contributed by atoms with Crippen LogP contribution in [0.25, 0.3) is 0 Å². The number of anilines is 1. The lowest BCUT2D eigenvalue weighted by molar-refractivity contribution is -0.139. The average Bonchev–Trinajstić information content (AvgIpc) is 2.86. The third kappa shape index (κ3) is 7.77. The molecule has 0 fully saturated rings. The van der Waals surface area contributed by atoms with Crippen LogP contribution >= 0.6 is 46.4 Å². The number of benzene rings is 3. The molecule has 0 aliphatic heterocycles. The number of likely N-dealkylation sites (N-methyl/N-ethyl adjacent to an activating group) is 1. The van der Waals surface area contributed by atoms with Gasteiger partial charge in [-0.1, -0.05) is 88.9 Å². The fourth-order valence-electron chi connectivity index (χ4n) is 3.85. The molecule has 12 heteroatoms. The van der Waals surface area contributed by atoms with E-state index in [1.165, 1.54) is 24.1 Å². The minimum Gasteiger partial charge on any atom is -0.357 e. The topological polar surface area (TPSA) is 86.8 Å². The molecule has 38 heavy (non-hydrogen) atoms. The summed E-state index contributed by atoms with van der Waals surface area (Å²) in [7, 11) is -2.54. The third-order valence-corrected chi connectivity index (χ3v) is 8.08. The predicted molar refractivity (Wildman–Crippen MR) is 154 cm³/mol. The van der Waals surface area contributed by atoms with E-state index in [2.05, 4.69) is 5.32 Å². The molecule has 0 bridgehead atoms. The Morgan fingerprint density at radius 1 is 0.868 bits per heavy atom. The Hall–Kier alpha value is -2.49. The van der Waals surface area contributed by atoms with Crippen LogP contribution in [0.4, 0.5) is 5.69 Å². The molecule has 1 N–H and O–H groups in total. The quantitative estimate of drug-likeness (QED) is 0.307. The number of amides is 2. The molecule has 0 saturated heterocycles. The van der Waals surface area contributed by atoms with Gasteiger partial charge in [0.15, 0.2) is 0 Å². The minimum absolute atomic E-state index is 0.00295. The zero-order chi connectivity index (χ0) is 28.0. The number of hydrogen-bond acceptors (Lipinski definition) is 4. The predicted octanol–water partition coefficient (Wildman–Crippen LogP) is 5.45. The van der Waals surface area contributed by atoms with Gasteiger partial charge in [-0.25, -0.2) is 8.42 Å². The Morgan fingerprint density at radius 2 is 1.50 bits per heavy atom. The van der Waals surface area contributed by atoms with E-state index in [4.69, 9.17) is 46.4 Å². The molecule has 0 aliphatic rings. The van der Waals surface area contributed by atoms with Crippen LogP contribution in [0.5, 0.6) is 0 Å². The van der Waals surface area contributed by atoms with Gasteiger partial charge in [-0.2, -0.15) is 0 Å². The van der Waals surface area contributed by atoms with E-state index in [0.717, 1.165) is 16.1 Å². The van der Waals surface area contributed by atoms with E-state index in [1.54, 1.807) is 24.3 Å². The van der Waals surface area contributed by atoms with E-state index in [-0.39, 0.29) is 33.7 Å². The summed E-state index contributed by atoms with van der Waals surface area (Å²) in [4.78, 5) is 28.3. The van der Waals surface area contributed by atoms with Crippen LogP contribution in [0.2, 0.25) is 20.1 Å². The largest absolute Gasteiger partial charge is 0.357 e. The lowest BCUT2D eigenvalue weighted by Crippen LogP contribution is -2.52. The Morgan fingerprint density at radius 3 is 2.11 bits per heavy atom. The minimum atomic E-state index is -4.01. The zero-order valence-corrected chi connectivity index (χ0v) is 24.3. The number of nitrogens with one attached hydrogen (secondary N) is 1. The molecule has 0 unspecified atom stereocenters. The number of sulfonamides is 1. The average molecular weight is 617 g/mol. The maximum absolute atomic E-state index is 13.9. The number of rotatable bonds is 10. The summed E-state index contributed by atoms with van der Waals surface area (Å²) >= 11 is 24.6. The van der Waals surface area contributed by atoms with Crippen molar-refractivity contribution in [1.82, 2.24) is 10.2 Å². The van der Waals surface area contributed by atoms with Gasteiger partial charge < -0.3 is 10.2 Å². The lowest BCUT2D eigenvalue weighted by Gasteiger charge is -2.33. The standard InChI is InChI=1S/C26H25Cl4N3O4S/c1-31-26(35)24(12-17-7-4-3-5-8-17)32(15-18-9-6-10-19(27)11-18)25(34)16-33(38(2,36)37)23-14-21(29)20(28)13-22(23)30/h3-11,13-14,24H,12,15-16H2,1-2H3,(H,31,35)/t24-/m1/s1. The monoisotopic (exact) mass is 615 g/mol. The Bertz CT molecular complexity index is 1420. The first-order valence-corrected chi connectivity index (χ1v) is 14.7. The summed E-state index contributed by atoms with van der Waals surface area (Å²) in [5.41, 5.74) is 1.46. The second-order valence-electron chi connectivity index (χ2n) is 8.46. The molecule has 1 atom stereocenters. The summed E-state index contributed by atoms with van der Waals surface area (Å²) in [6, 6.07) is 17.7. The van der Waals surface area contributed by atoms with Gasteiger partial charge in [-0.15, -0.1) is 0 Å². The summed E-state index contributed by atoms with van der Waals surface area (Å²) in [6.45, 7) is -0.642. The SMILES string of the molecule is CNC(=O)[C@@H](Cc1ccccc1)N(Cc1cccc(Cl)c1)C(=O)CN(c1cc(Cl)c(Cl)cc1Cl)S(C)(=O)=O. The zero-order valence-electron chi connectivity index (χ0n) is 20.5. The van der Waals surface area contributed by atoms with E-state index < -0.39 is 34.4 Å². The molecule has 202 valence electrons. The van der Waals surface area contributed by atoms with Gasteiger partial charge in [-0.05, 0) is 35.4 Å². The van der Waals surface area contributed by atoms with Crippen LogP contribution in [-0.4, -0.2) is 51.0 Å². The van der Waals surface area contributed by atoms with Crippen molar-refractivity contribution in [1.29, 1.82) is 0 Å². The molecule has 0 spiro atoms. The molecular weight excluding hydrogens is 592 g/mol. The number of halogens is 4. The Labute approximate surface area is 242 Å². The van der Waals surface area contributed by atoms with Crippen LogP contribution < -0.4 is 9.62 Å². The van der Waals surface area contributed by atoms with Crippen molar-refractivity contribution >= 4 is 73.9 Å². The molecule has 0 aliphatic carbocycles. The highest BCUT2D eigenvalue weighted by atomic mass is 35.5. The van der Waals surface area contributed by atoms with Gasteiger partial charge in [0.05, 0.1) is 27.0 Å². The first kappa shape index (κ1) is 30.1. The van der Waals surface area contributed by atoms with Crippen molar-refractivity contribution in [3.63, 3.8) is 0 Å². The molecule has 0 heterocycles. The third-order valence-electron chi connectivity index (χ3n) is 5.70. The van der Waals surface area contributed by atoms with Crippen molar-refractivity contribution in [3.8, 4) is 0 Å². The van der Waals surface area contributed by atoms with E-state index in [1.807, 2.05) is 30.3 Å². The lowest BCUT2D eigenvalue weighted by atomic mass is 10.0. The molecule has 0 radical (unpaired) electrons. The van der Waals surface area contributed by atoms with Crippen molar-refractivity contribution in [3.05, 3.63) is 97.9 Å². The normalized spacial score (nSPS) is 12.1. The van der Waals surface area contributed by atoms with Crippen LogP contribution in [-0.2, 0) is 32.6 Å². The van der Waals surface area contributed by atoms with Crippen molar-refractivity contribution in [2.45, 2.75) is 19.0 Å². The van der Waals surface area contributed by atoms with Gasteiger partial charge in [0.1, 0.15) is 12.6 Å². The Balaban J connectivity index is 2.07. The fourth-order valence-corrected chi connectivity index (χ4v) is 5.61. The molecule has 3 rings (SSSR count). The van der Waals surface area contributed by atoms with Gasteiger partial charge in [0.25, 0.3) is 0 Å². The molecule has 0 aromatic heterocycles. The summed E-state index contributed by atoms with van der Waals surface area (Å²) in [5.74, 6) is -1.05. The smallest absolute Gasteiger partial charge is 0.244 e. The molecule has 3 aromatic rings. The van der Waals surface area contributed by atoms with Gasteiger partial charge in [0.2, 0.25) is 21.8 Å². The first-order valence-electron chi connectivity index (χ1n) is 11.3. The maximum atomic E-state index is 13.9. The van der Waals surface area contributed by atoms with E-state index >= 15 is 0 Å². The van der Waals surface area contributed by atoms with E-state index in [9.17, 15) is 18.0 Å². The van der Waals surface area contributed by atoms with Crippen LogP contribution in [0.1, 0.15) is 11.1 Å². The number of nitrogens with zero attached hydrogens (tertiary/aromatic N) is 2. The van der Waals surface area contributed by atoms with Crippen molar-refractivity contribution in [2.75, 3.05) is 24.2 Å². The van der Waals surface area contributed by atoms with Crippen molar-refractivity contribution in [2.24, 2.45) is 0 Å². The number of carbonyl (C=O) groups is 2. The van der Waals surface area contributed by atoms with Crippen LogP contribution in [0.3, 0.4) is 0 Å². The Kier molecular flexibility index (Phi) is 10.3. The summed E-state index contributed by atoms with van der Waals surface area (Å²) < 4.78 is 26.5. The number of carbonyl (C=O) groups excluding carboxylic acids is 2. The van der Waals surface area contributed by atoms with Crippen molar-refractivity contribution < 1.29 is 18.0 Å². The van der Waals surface area contributed by atoms with E-state index in [0.29, 0.717) is 10.6 Å². The summed E-state index contributed by atoms with van der Waals surface area (Å²) in [6.07, 6.45) is 1.14. The highest BCUT2D eigenvalue weighted by molar-refractivity contribution is 7.92. The second kappa shape index (κ2) is 13.0. The molecular formula is C26H25Cl4N3O4S. The molecule has 0 saturated carbocycles. The number of hydrogen-bond donors (Lipinski definition) is 1. The molecule has 7 nitrogen and oxygen atoms in total. The van der Waals surface area contributed by atoms with Gasteiger partial charge in [-0.3, -0.25) is 13.9 Å². The maximum Gasteiger partial charge on any atom is 0.244 e. The van der Waals surface area contributed by atoms with Gasteiger partial charge in [0, 0.05) is 25.0 Å². The second-order valence-corrected chi connectivity index (χ2v) is 12.0. The molecule has 2 amide bonds. The van der Waals surface area contributed by atoms with Crippen LogP contribution in [0.15, 0.2) is 66.7 Å². The van der Waals surface area contributed by atoms with Gasteiger partial charge >= 0.3 is 0 Å².